The Labute approximate surface area is 150 Å². The minimum absolute atomic E-state index is 0.0335. The molecule has 0 bridgehead atoms. The van der Waals surface area contributed by atoms with Crippen LogP contribution in [0.25, 0.3) is 0 Å². The van der Waals surface area contributed by atoms with E-state index in [9.17, 15) is 19.3 Å². The highest BCUT2D eigenvalue weighted by atomic mass is 19.1. The highest BCUT2D eigenvalue weighted by molar-refractivity contribution is 5.94. The van der Waals surface area contributed by atoms with E-state index in [-0.39, 0.29) is 11.6 Å². The minimum atomic E-state index is -0.630. The summed E-state index contributed by atoms with van der Waals surface area (Å²) in [6.07, 6.45) is 1.64. The van der Waals surface area contributed by atoms with Gasteiger partial charge in [-0.15, -0.1) is 0 Å². The molecule has 1 aliphatic heterocycles. The van der Waals surface area contributed by atoms with Gasteiger partial charge in [0.15, 0.2) is 0 Å². The molecule has 1 N–H and O–H groups in total. The third kappa shape index (κ3) is 4.17. The van der Waals surface area contributed by atoms with Gasteiger partial charge in [0.2, 0.25) is 0 Å². The maximum atomic E-state index is 13.2. The van der Waals surface area contributed by atoms with Gasteiger partial charge in [-0.05, 0) is 43.0 Å². The predicted molar refractivity (Wildman–Crippen MR) is 96.6 cm³/mol. The Balaban J connectivity index is 1.54. The van der Waals surface area contributed by atoms with Crippen LogP contribution in [0.15, 0.2) is 48.5 Å². The second-order valence-electron chi connectivity index (χ2n) is 6.40. The molecule has 1 amide bonds. The van der Waals surface area contributed by atoms with E-state index in [2.05, 4.69) is 5.32 Å². The monoisotopic (exact) mass is 357 g/mol. The van der Waals surface area contributed by atoms with Crippen molar-refractivity contribution in [2.45, 2.75) is 12.8 Å². The average molecular weight is 357 g/mol. The molecule has 0 saturated carbocycles. The number of carbonyl (C=O) groups is 1. The van der Waals surface area contributed by atoms with E-state index < -0.39 is 10.7 Å². The molecule has 6 nitrogen and oxygen atoms in total. The van der Waals surface area contributed by atoms with Crippen molar-refractivity contribution in [3.05, 3.63) is 70.0 Å². The number of piperidine rings is 1. The molecule has 3 rings (SSSR count). The van der Waals surface area contributed by atoms with Gasteiger partial charge in [-0.25, -0.2) is 4.39 Å². The maximum absolute atomic E-state index is 13.2. The number of likely N-dealkylation sites (tertiary alicyclic amines) is 1. The molecule has 1 fully saturated rings. The van der Waals surface area contributed by atoms with Gasteiger partial charge in [-0.2, -0.15) is 0 Å². The van der Waals surface area contributed by atoms with E-state index in [4.69, 9.17) is 0 Å². The zero-order chi connectivity index (χ0) is 18.5. The van der Waals surface area contributed by atoms with E-state index in [0.29, 0.717) is 36.8 Å². The Kier molecular flexibility index (Phi) is 5.46. The van der Waals surface area contributed by atoms with Crippen LogP contribution in [0, 0.1) is 21.8 Å². The zero-order valence-electron chi connectivity index (χ0n) is 14.2. The summed E-state index contributed by atoms with van der Waals surface area (Å²) in [5, 5.41) is 14.1. The molecule has 0 spiro atoms. The first-order valence-corrected chi connectivity index (χ1v) is 8.56. The number of nitro groups is 1. The normalized spacial score (nSPS) is 14.9. The molecule has 2 aromatic rings. The summed E-state index contributed by atoms with van der Waals surface area (Å²) in [5.74, 6) is -0.291. The summed E-state index contributed by atoms with van der Waals surface area (Å²) in [6.45, 7) is 1.87. The van der Waals surface area contributed by atoms with E-state index in [1.54, 1.807) is 0 Å². The first kappa shape index (κ1) is 17.8. The molecule has 1 heterocycles. The highest BCUT2D eigenvalue weighted by Gasteiger charge is 2.24. The van der Waals surface area contributed by atoms with Gasteiger partial charge >= 0.3 is 0 Å². The molecule has 0 atom stereocenters. The van der Waals surface area contributed by atoms with Gasteiger partial charge in [0.05, 0.1) is 11.0 Å². The number of anilines is 1. The lowest BCUT2D eigenvalue weighted by Gasteiger charge is -2.32. The van der Waals surface area contributed by atoms with E-state index >= 15 is 0 Å². The largest absolute Gasteiger partial charge is 0.379 e. The zero-order valence-corrected chi connectivity index (χ0v) is 14.2. The molecule has 2 aromatic carbocycles. The Morgan fingerprint density at radius 2 is 1.88 bits per heavy atom. The molecule has 0 aliphatic carbocycles. The number of nitro benzene ring substituents is 1. The van der Waals surface area contributed by atoms with Crippen molar-refractivity contribution < 1.29 is 14.1 Å². The second kappa shape index (κ2) is 7.95. The smallest absolute Gasteiger partial charge is 0.295 e. The molecule has 0 radical (unpaired) electrons. The van der Waals surface area contributed by atoms with Crippen LogP contribution < -0.4 is 5.32 Å². The number of nitrogens with one attached hydrogen (secondary N) is 1. The molecule has 1 saturated heterocycles. The lowest BCUT2D eigenvalue weighted by atomic mass is 9.96. The standard InChI is InChI=1S/C19H20FN3O3/c20-16-6-7-17(18(12-16)23(25)26)21-13-14-8-10-22(11-9-14)19(24)15-4-2-1-3-5-15/h1-7,12,14,21H,8-11,13H2. The van der Waals surface area contributed by atoms with E-state index in [1.807, 2.05) is 35.2 Å². The molecule has 26 heavy (non-hydrogen) atoms. The van der Waals surface area contributed by atoms with Gasteiger partial charge < -0.3 is 10.2 Å². The van der Waals surface area contributed by atoms with Crippen molar-refractivity contribution in [1.82, 2.24) is 4.90 Å². The first-order valence-electron chi connectivity index (χ1n) is 8.56. The van der Waals surface area contributed by atoms with Crippen LogP contribution in [0.3, 0.4) is 0 Å². The molecule has 7 heteroatoms. The summed E-state index contributed by atoms with van der Waals surface area (Å²) < 4.78 is 13.2. The predicted octanol–water partition coefficient (Wildman–Crippen LogP) is 3.70. The molecular weight excluding hydrogens is 337 g/mol. The summed E-state index contributed by atoms with van der Waals surface area (Å²) in [5.41, 5.74) is 0.742. The number of benzene rings is 2. The third-order valence-corrected chi connectivity index (χ3v) is 4.66. The Bertz CT molecular complexity index is 790. The highest BCUT2D eigenvalue weighted by Crippen LogP contribution is 2.26. The summed E-state index contributed by atoms with van der Waals surface area (Å²) in [6, 6.07) is 12.7. The number of rotatable bonds is 5. The molecule has 0 unspecified atom stereocenters. The molecule has 0 aromatic heterocycles. The van der Waals surface area contributed by atoms with Gasteiger partial charge in [0.25, 0.3) is 11.6 Å². The number of nitrogens with zero attached hydrogens (tertiary/aromatic N) is 2. The third-order valence-electron chi connectivity index (χ3n) is 4.66. The quantitative estimate of drug-likeness (QED) is 0.654. The maximum Gasteiger partial charge on any atom is 0.295 e. The Morgan fingerprint density at radius 3 is 2.54 bits per heavy atom. The van der Waals surface area contributed by atoms with E-state index in [0.717, 1.165) is 18.9 Å². The second-order valence-corrected chi connectivity index (χ2v) is 6.40. The SMILES string of the molecule is O=C(c1ccccc1)N1CCC(CNc2ccc(F)cc2[N+](=O)[O-])CC1. The fourth-order valence-corrected chi connectivity index (χ4v) is 3.16. The van der Waals surface area contributed by atoms with Crippen LogP contribution in [0.5, 0.6) is 0 Å². The fourth-order valence-electron chi connectivity index (χ4n) is 3.16. The summed E-state index contributed by atoms with van der Waals surface area (Å²) in [4.78, 5) is 24.7. The fraction of sp³-hybridized carbons (Fsp3) is 0.316. The van der Waals surface area contributed by atoms with Crippen LogP contribution in [0.2, 0.25) is 0 Å². The van der Waals surface area contributed by atoms with Gasteiger partial charge in [-0.3, -0.25) is 14.9 Å². The van der Waals surface area contributed by atoms with Crippen LogP contribution in [0.4, 0.5) is 15.8 Å². The summed E-state index contributed by atoms with van der Waals surface area (Å²) >= 11 is 0. The van der Waals surface area contributed by atoms with Gasteiger partial charge in [0, 0.05) is 25.2 Å². The molecule has 136 valence electrons. The lowest BCUT2D eigenvalue weighted by Crippen LogP contribution is -2.39. The van der Waals surface area contributed by atoms with Crippen molar-refractivity contribution >= 4 is 17.3 Å². The van der Waals surface area contributed by atoms with Crippen molar-refractivity contribution in [2.75, 3.05) is 25.0 Å². The Morgan fingerprint density at radius 1 is 1.19 bits per heavy atom. The Hall–Kier alpha value is -2.96. The van der Waals surface area contributed by atoms with Crippen LogP contribution in [-0.4, -0.2) is 35.4 Å². The number of amides is 1. The average Bonchev–Trinajstić information content (AvgIpc) is 2.67. The minimum Gasteiger partial charge on any atom is -0.379 e. The lowest BCUT2D eigenvalue weighted by molar-refractivity contribution is -0.384. The van der Waals surface area contributed by atoms with Crippen molar-refractivity contribution in [2.24, 2.45) is 5.92 Å². The van der Waals surface area contributed by atoms with Crippen molar-refractivity contribution in [3.63, 3.8) is 0 Å². The number of halogens is 1. The van der Waals surface area contributed by atoms with Crippen molar-refractivity contribution in [1.29, 1.82) is 0 Å². The van der Waals surface area contributed by atoms with Gasteiger partial charge in [0.1, 0.15) is 11.5 Å². The van der Waals surface area contributed by atoms with Crippen molar-refractivity contribution in [3.8, 4) is 0 Å². The van der Waals surface area contributed by atoms with Crippen LogP contribution in [0.1, 0.15) is 23.2 Å². The topological polar surface area (TPSA) is 75.5 Å². The number of hydrogen-bond acceptors (Lipinski definition) is 4. The first-order chi connectivity index (χ1) is 12.5. The summed E-state index contributed by atoms with van der Waals surface area (Å²) in [7, 11) is 0. The molecular formula is C19H20FN3O3. The van der Waals surface area contributed by atoms with E-state index in [1.165, 1.54) is 12.1 Å². The number of carbonyl (C=O) groups excluding carboxylic acids is 1. The van der Waals surface area contributed by atoms with Crippen LogP contribution in [-0.2, 0) is 0 Å². The van der Waals surface area contributed by atoms with Gasteiger partial charge in [-0.1, -0.05) is 18.2 Å². The van der Waals surface area contributed by atoms with Crippen LogP contribution >= 0.6 is 0 Å². The molecule has 1 aliphatic rings. The number of hydrogen-bond donors (Lipinski definition) is 1.